The fraction of sp³-hybridized carbons (Fsp3) is 0.133. The Morgan fingerprint density at radius 1 is 0.947 bits per heavy atom. The molecular weight excluding hydrogens is 494 g/mol. The molecule has 8 heteroatoms. The number of hydrogen-bond acceptors (Lipinski definition) is 6. The van der Waals surface area contributed by atoms with E-state index in [2.05, 4.69) is 23.1 Å². The summed E-state index contributed by atoms with van der Waals surface area (Å²) in [6.07, 6.45) is 4.78. The lowest BCUT2D eigenvalue weighted by molar-refractivity contribution is 0.315. The molecule has 3 heterocycles. The summed E-state index contributed by atoms with van der Waals surface area (Å²) in [7, 11) is 0. The maximum atomic E-state index is 13.3. The topological polar surface area (TPSA) is 74.3 Å². The van der Waals surface area contributed by atoms with Crippen molar-refractivity contribution in [1.29, 1.82) is 0 Å². The molecule has 0 atom stereocenters. The van der Waals surface area contributed by atoms with Crippen LogP contribution < -0.4 is 14.8 Å². The highest BCUT2D eigenvalue weighted by molar-refractivity contribution is 7.15. The van der Waals surface area contributed by atoms with Crippen molar-refractivity contribution in [2.24, 2.45) is 0 Å². The molecule has 0 unspecified atom stereocenters. The first-order valence-corrected chi connectivity index (χ1v) is 13.3. The summed E-state index contributed by atoms with van der Waals surface area (Å²) in [4.78, 5) is 18.5. The molecule has 6 aromatic rings. The van der Waals surface area contributed by atoms with Crippen LogP contribution in [0.1, 0.15) is 24.5 Å². The second-order valence-electron chi connectivity index (χ2n) is 8.95. The van der Waals surface area contributed by atoms with Crippen molar-refractivity contribution in [3.63, 3.8) is 0 Å². The third-order valence-corrected chi connectivity index (χ3v) is 7.13. The fourth-order valence-corrected chi connectivity index (χ4v) is 5.18. The second kappa shape index (κ2) is 10.1. The van der Waals surface area contributed by atoms with Crippen LogP contribution in [0.3, 0.4) is 0 Å². The minimum absolute atomic E-state index is 0.197. The normalized spacial score (nSPS) is 11.9. The number of aryl methyl sites for hydroxylation is 1. The molecule has 0 saturated heterocycles. The SMILES string of the molecule is CCCOc1ccc(-c2nn(-c3ccccc3)cc2/C=c2\sc3nc(-c4ccccc4)nn3c2=O)cc1C. The van der Waals surface area contributed by atoms with E-state index >= 15 is 0 Å². The summed E-state index contributed by atoms with van der Waals surface area (Å²) < 4.78 is 9.64. The van der Waals surface area contributed by atoms with Crippen LogP contribution in [0.15, 0.2) is 89.9 Å². The van der Waals surface area contributed by atoms with Gasteiger partial charge in [-0.2, -0.15) is 14.6 Å². The molecule has 0 saturated carbocycles. The first-order valence-electron chi connectivity index (χ1n) is 12.5. The number of aromatic nitrogens is 5. The van der Waals surface area contributed by atoms with Gasteiger partial charge in [-0.15, -0.1) is 5.10 Å². The van der Waals surface area contributed by atoms with Gasteiger partial charge in [0.25, 0.3) is 5.56 Å². The first-order chi connectivity index (χ1) is 18.6. The number of rotatable bonds is 7. The maximum absolute atomic E-state index is 13.3. The van der Waals surface area contributed by atoms with Gasteiger partial charge in [0.1, 0.15) is 11.4 Å². The number of ether oxygens (including phenoxy) is 1. The maximum Gasteiger partial charge on any atom is 0.291 e. The predicted octanol–water partition coefficient (Wildman–Crippen LogP) is 5.32. The van der Waals surface area contributed by atoms with E-state index in [4.69, 9.17) is 9.84 Å². The van der Waals surface area contributed by atoms with Crippen molar-refractivity contribution in [2.45, 2.75) is 20.3 Å². The average molecular weight is 520 g/mol. The van der Waals surface area contributed by atoms with Crippen molar-refractivity contribution >= 4 is 22.4 Å². The summed E-state index contributed by atoms with van der Waals surface area (Å²) in [6.45, 7) is 4.80. The molecule has 0 N–H and O–H groups in total. The molecule has 0 bridgehead atoms. The van der Waals surface area contributed by atoms with Crippen LogP contribution >= 0.6 is 11.3 Å². The molecular formula is C30H25N5O2S. The number of thiazole rings is 1. The Labute approximate surface area is 223 Å². The molecule has 0 spiro atoms. The van der Waals surface area contributed by atoms with Crippen molar-refractivity contribution in [3.05, 3.63) is 111 Å². The Hall–Kier alpha value is -4.56. The van der Waals surface area contributed by atoms with Crippen molar-refractivity contribution in [2.75, 3.05) is 6.61 Å². The minimum Gasteiger partial charge on any atom is -0.493 e. The molecule has 188 valence electrons. The standard InChI is InChI=1S/C30H25N5O2S/c1-3-16-37-25-15-14-22(17-20(25)2)27-23(19-34(32-27)24-12-8-5-9-13-24)18-26-29(36)35-30(38-26)31-28(33-35)21-10-6-4-7-11-21/h4-15,17-19H,3,16H2,1-2H3/b26-18-. The molecule has 0 aliphatic heterocycles. The van der Waals surface area contributed by atoms with Gasteiger partial charge in [0, 0.05) is 22.9 Å². The van der Waals surface area contributed by atoms with E-state index in [-0.39, 0.29) is 5.56 Å². The van der Waals surface area contributed by atoms with E-state index in [0.717, 1.165) is 45.8 Å². The van der Waals surface area contributed by atoms with Gasteiger partial charge < -0.3 is 4.74 Å². The summed E-state index contributed by atoms with van der Waals surface area (Å²) >= 11 is 1.32. The quantitative estimate of drug-likeness (QED) is 0.286. The third-order valence-electron chi connectivity index (χ3n) is 6.17. The van der Waals surface area contributed by atoms with Gasteiger partial charge >= 0.3 is 0 Å². The molecule has 38 heavy (non-hydrogen) atoms. The van der Waals surface area contributed by atoms with Crippen molar-refractivity contribution < 1.29 is 4.74 Å². The van der Waals surface area contributed by atoms with Gasteiger partial charge in [0.05, 0.1) is 16.8 Å². The molecule has 3 aromatic carbocycles. The van der Waals surface area contributed by atoms with Crippen molar-refractivity contribution in [1.82, 2.24) is 24.4 Å². The van der Waals surface area contributed by atoms with Gasteiger partial charge in [-0.25, -0.2) is 4.68 Å². The molecule has 0 aliphatic carbocycles. The summed E-state index contributed by atoms with van der Waals surface area (Å²) in [5.74, 6) is 1.41. The second-order valence-corrected chi connectivity index (χ2v) is 9.96. The summed E-state index contributed by atoms with van der Waals surface area (Å²) in [6, 6.07) is 25.7. The van der Waals surface area contributed by atoms with E-state index < -0.39 is 0 Å². The third kappa shape index (κ3) is 4.50. The Bertz CT molecular complexity index is 1840. The average Bonchev–Trinajstić information content (AvgIpc) is 3.64. The molecule has 0 aliphatic rings. The zero-order chi connectivity index (χ0) is 26.1. The van der Waals surface area contributed by atoms with Crippen LogP contribution in [0.5, 0.6) is 5.75 Å². The Balaban J connectivity index is 1.46. The number of fused-ring (bicyclic) bond motifs is 1. The predicted molar refractivity (Wildman–Crippen MR) is 151 cm³/mol. The van der Waals surface area contributed by atoms with E-state index in [0.29, 0.717) is 21.9 Å². The first kappa shape index (κ1) is 23.8. The smallest absolute Gasteiger partial charge is 0.291 e. The lowest BCUT2D eigenvalue weighted by atomic mass is 10.0. The van der Waals surface area contributed by atoms with E-state index in [1.165, 1.54) is 15.9 Å². The Morgan fingerprint density at radius 3 is 2.42 bits per heavy atom. The van der Waals surface area contributed by atoms with Crippen molar-refractivity contribution in [3.8, 4) is 34.1 Å². The van der Waals surface area contributed by atoms with Crippen LogP contribution in [-0.2, 0) is 0 Å². The van der Waals surface area contributed by atoms with E-state index in [1.807, 2.05) is 96.7 Å². The van der Waals surface area contributed by atoms with E-state index in [1.54, 1.807) is 0 Å². The van der Waals surface area contributed by atoms with Crippen LogP contribution in [0.25, 0.3) is 39.4 Å². The van der Waals surface area contributed by atoms with Gasteiger partial charge in [0.2, 0.25) is 4.96 Å². The van der Waals surface area contributed by atoms with Crippen LogP contribution in [0.4, 0.5) is 0 Å². The van der Waals surface area contributed by atoms with Gasteiger partial charge in [-0.05, 0) is 55.3 Å². The van der Waals surface area contributed by atoms with Crippen LogP contribution in [-0.4, -0.2) is 31.0 Å². The monoisotopic (exact) mass is 519 g/mol. The lowest BCUT2D eigenvalue weighted by Gasteiger charge is -2.09. The fourth-order valence-electron chi connectivity index (χ4n) is 4.29. The van der Waals surface area contributed by atoms with Crippen LogP contribution in [0.2, 0.25) is 0 Å². The minimum atomic E-state index is -0.197. The Morgan fingerprint density at radius 2 is 1.71 bits per heavy atom. The van der Waals surface area contributed by atoms with Gasteiger partial charge in [0.15, 0.2) is 5.82 Å². The number of nitrogens with zero attached hydrogens (tertiary/aromatic N) is 5. The number of para-hydroxylation sites is 1. The molecule has 0 fully saturated rings. The van der Waals surface area contributed by atoms with Crippen LogP contribution in [0, 0.1) is 6.92 Å². The number of benzene rings is 3. The summed E-state index contributed by atoms with van der Waals surface area (Å²) in [5, 5.41) is 9.39. The Kier molecular flexibility index (Phi) is 6.31. The highest BCUT2D eigenvalue weighted by Crippen LogP contribution is 2.29. The highest BCUT2D eigenvalue weighted by atomic mass is 32.1. The van der Waals surface area contributed by atoms with E-state index in [9.17, 15) is 4.79 Å². The van der Waals surface area contributed by atoms with Gasteiger partial charge in [-0.3, -0.25) is 4.79 Å². The molecule has 0 amide bonds. The molecule has 7 nitrogen and oxygen atoms in total. The molecule has 0 radical (unpaired) electrons. The summed E-state index contributed by atoms with van der Waals surface area (Å²) in [5.41, 5.74) is 5.21. The highest BCUT2D eigenvalue weighted by Gasteiger charge is 2.16. The lowest BCUT2D eigenvalue weighted by Crippen LogP contribution is -2.23. The number of hydrogen-bond donors (Lipinski definition) is 0. The molecule has 6 rings (SSSR count). The zero-order valence-electron chi connectivity index (χ0n) is 21.0. The molecule has 3 aromatic heterocycles. The van der Waals surface area contributed by atoms with Gasteiger partial charge in [-0.1, -0.05) is 66.8 Å². The largest absolute Gasteiger partial charge is 0.493 e. The zero-order valence-corrected chi connectivity index (χ0v) is 21.9.